The number of hydrogen-bond acceptors (Lipinski definition) is 5. The minimum atomic E-state index is 0. The van der Waals surface area contributed by atoms with Gasteiger partial charge in [0, 0.05) is 30.4 Å². The first-order valence-corrected chi connectivity index (χ1v) is 6.81. The van der Waals surface area contributed by atoms with Crippen LogP contribution in [-0.2, 0) is 6.42 Å². The van der Waals surface area contributed by atoms with Crippen LogP contribution >= 0.6 is 12.4 Å². The predicted molar refractivity (Wildman–Crippen MR) is 78.4 cm³/mol. The third-order valence-electron chi connectivity index (χ3n) is 3.81. The molecule has 1 aliphatic carbocycles. The van der Waals surface area contributed by atoms with Crippen molar-refractivity contribution in [1.29, 1.82) is 0 Å². The van der Waals surface area contributed by atoms with Crippen LogP contribution in [0.15, 0.2) is 29.0 Å². The SMILES string of the molecule is Cl.NC1CCCCC1Cc1nc(-c2ccncc2)no1. The summed E-state index contributed by atoms with van der Waals surface area (Å²) < 4.78 is 5.33. The van der Waals surface area contributed by atoms with Crippen molar-refractivity contribution < 1.29 is 4.52 Å². The lowest BCUT2D eigenvalue weighted by Gasteiger charge is -2.27. The van der Waals surface area contributed by atoms with Crippen molar-refractivity contribution in [1.82, 2.24) is 15.1 Å². The Bertz CT molecular complexity index is 531. The summed E-state index contributed by atoms with van der Waals surface area (Å²) >= 11 is 0. The summed E-state index contributed by atoms with van der Waals surface area (Å²) in [7, 11) is 0. The summed E-state index contributed by atoms with van der Waals surface area (Å²) in [6.07, 6.45) is 9.00. The van der Waals surface area contributed by atoms with Gasteiger partial charge in [-0.2, -0.15) is 4.98 Å². The summed E-state index contributed by atoms with van der Waals surface area (Å²) in [6, 6.07) is 4.02. The zero-order chi connectivity index (χ0) is 13.1. The zero-order valence-electron chi connectivity index (χ0n) is 11.2. The normalized spacial score (nSPS) is 22.2. The maximum Gasteiger partial charge on any atom is 0.227 e. The van der Waals surface area contributed by atoms with Crippen LogP contribution in [-0.4, -0.2) is 21.2 Å². The Hall–Kier alpha value is -1.46. The fourth-order valence-electron chi connectivity index (χ4n) is 2.67. The van der Waals surface area contributed by atoms with Crippen LogP contribution in [0.2, 0.25) is 0 Å². The van der Waals surface area contributed by atoms with Crippen LogP contribution in [0.3, 0.4) is 0 Å². The topological polar surface area (TPSA) is 77.8 Å². The van der Waals surface area contributed by atoms with Gasteiger partial charge in [0.05, 0.1) is 0 Å². The third-order valence-corrected chi connectivity index (χ3v) is 3.81. The average Bonchev–Trinajstić information content (AvgIpc) is 2.91. The van der Waals surface area contributed by atoms with Crippen molar-refractivity contribution in [3.05, 3.63) is 30.4 Å². The molecule has 2 aromatic heterocycles. The molecule has 2 heterocycles. The molecule has 2 atom stereocenters. The minimum absolute atomic E-state index is 0. The highest BCUT2D eigenvalue weighted by atomic mass is 35.5. The van der Waals surface area contributed by atoms with Crippen LogP contribution in [0.4, 0.5) is 0 Å². The highest BCUT2D eigenvalue weighted by Gasteiger charge is 2.24. The molecule has 0 aromatic carbocycles. The van der Waals surface area contributed by atoms with E-state index in [4.69, 9.17) is 10.3 Å². The van der Waals surface area contributed by atoms with E-state index in [0.717, 1.165) is 24.8 Å². The monoisotopic (exact) mass is 294 g/mol. The van der Waals surface area contributed by atoms with E-state index in [1.165, 1.54) is 12.8 Å². The molecule has 3 rings (SSSR count). The van der Waals surface area contributed by atoms with Crippen molar-refractivity contribution in [3.8, 4) is 11.4 Å². The van der Waals surface area contributed by atoms with Crippen LogP contribution in [0.25, 0.3) is 11.4 Å². The lowest BCUT2D eigenvalue weighted by atomic mass is 9.83. The summed E-state index contributed by atoms with van der Waals surface area (Å²) in [5.74, 6) is 1.79. The van der Waals surface area contributed by atoms with Crippen LogP contribution in [0.5, 0.6) is 0 Å². The molecule has 0 amide bonds. The van der Waals surface area contributed by atoms with Crippen molar-refractivity contribution in [2.24, 2.45) is 11.7 Å². The smallest absolute Gasteiger partial charge is 0.227 e. The third kappa shape index (κ3) is 3.35. The van der Waals surface area contributed by atoms with Gasteiger partial charge in [-0.05, 0) is 30.9 Å². The number of pyridine rings is 1. The molecule has 6 heteroatoms. The molecule has 5 nitrogen and oxygen atoms in total. The molecule has 2 N–H and O–H groups in total. The van der Waals surface area contributed by atoms with Crippen molar-refractivity contribution in [3.63, 3.8) is 0 Å². The van der Waals surface area contributed by atoms with Gasteiger partial charge >= 0.3 is 0 Å². The Balaban J connectivity index is 0.00000147. The lowest BCUT2D eigenvalue weighted by Crippen LogP contribution is -2.34. The van der Waals surface area contributed by atoms with Gasteiger partial charge in [-0.1, -0.05) is 18.0 Å². The van der Waals surface area contributed by atoms with Crippen LogP contribution in [0, 0.1) is 5.92 Å². The molecule has 20 heavy (non-hydrogen) atoms. The number of nitrogens with zero attached hydrogens (tertiary/aromatic N) is 3. The molecule has 2 unspecified atom stereocenters. The van der Waals surface area contributed by atoms with Gasteiger partial charge in [-0.15, -0.1) is 12.4 Å². The van der Waals surface area contributed by atoms with Crippen LogP contribution in [0.1, 0.15) is 31.6 Å². The highest BCUT2D eigenvalue weighted by molar-refractivity contribution is 5.85. The summed E-state index contributed by atoms with van der Waals surface area (Å²) in [6.45, 7) is 0. The van der Waals surface area contributed by atoms with E-state index in [-0.39, 0.29) is 18.4 Å². The summed E-state index contributed by atoms with van der Waals surface area (Å²) in [4.78, 5) is 8.43. The lowest BCUT2D eigenvalue weighted by molar-refractivity contribution is 0.273. The molecule has 0 spiro atoms. The van der Waals surface area contributed by atoms with E-state index in [0.29, 0.717) is 17.6 Å². The summed E-state index contributed by atoms with van der Waals surface area (Å²) in [5.41, 5.74) is 7.08. The predicted octanol–water partition coefficient (Wildman–Crippen LogP) is 2.61. The molecule has 1 fully saturated rings. The second-order valence-corrected chi connectivity index (χ2v) is 5.16. The van der Waals surface area contributed by atoms with Crippen LogP contribution < -0.4 is 5.73 Å². The number of aromatic nitrogens is 3. The van der Waals surface area contributed by atoms with Gasteiger partial charge in [0.25, 0.3) is 0 Å². The molecule has 0 radical (unpaired) electrons. The molecule has 2 aromatic rings. The number of hydrogen-bond donors (Lipinski definition) is 1. The second-order valence-electron chi connectivity index (χ2n) is 5.16. The minimum Gasteiger partial charge on any atom is -0.339 e. The molecule has 0 aliphatic heterocycles. The van der Waals surface area contributed by atoms with E-state index in [1.807, 2.05) is 12.1 Å². The molecule has 0 bridgehead atoms. The van der Waals surface area contributed by atoms with E-state index in [9.17, 15) is 0 Å². The van der Waals surface area contributed by atoms with Crippen molar-refractivity contribution >= 4 is 12.4 Å². The van der Waals surface area contributed by atoms with Crippen molar-refractivity contribution in [2.75, 3.05) is 0 Å². The highest BCUT2D eigenvalue weighted by Crippen LogP contribution is 2.26. The first-order valence-electron chi connectivity index (χ1n) is 6.81. The maximum atomic E-state index is 6.15. The maximum absolute atomic E-state index is 6.15. The van der Waals surface area contributed by atoms with E-state index >= 15 is 0 Å². The molecule has 1 aliphatic rings. The second kappa shape index (κ2) is 6.81. The fourth-order valence-corrected chi connectivity index (χ4v) is 2.67. The number of rotatable bonds is 3. The quantitative estimate of drug-likeness (QED) is 0.941. The molecule has 108 valence electrons. The number of halogens is 1. The van der Waals surface area contributed by atoms with Gasteiger partial charge in [-0.3, -0.25) is 4.98 Å². The van der Waals surface area contributed by atoms with Gasteiger partial charge in [-0.25, -0.2) is 0 Å². The Morgan fingerprint density at radius 2 is 1.95 bits per heavy atom. The van der Waals surface area contributed by atoms with Gasteiger partial charge in [0.2, 0.25) is 11.7 Å². The average molecular weight is 295 g/mol. The molecular weight excluding hydrogens is 276 g/mol. The van der Waals surface area contributed by atoms with E-state index in [2.05, 4.69) is 15.1 Å². The summed E-state index contributed by atoms with van der Waals surface area (Å²) in [5, 5.41) is 4.02. The Labute approximate surface area is 124 Å². The van der Waals surface area contributed by atoms with E-state index in [1.54, 1.807) is 12.4 Å². The standard InChI is InChI=1S/C14H18N4O.ClH/c15-12-4-2-1-3-11(12)9-13-17-14(18-19-13)10-5-7-16-8-6-10;/h5-8,11-12H,1-4,9,15H2;1H. The fraction of sp³-hybridized carbons (Fsp3) is 0.500. The first kappa shape index (κ1) is 14.9. The first-order chi connectivity index (χ1) is 9.33. The number of nitrogens with two attached hydrogens (primary N) is 1. The van der Waals surface area contributed by atoms with Crippen molar-refractivity contribution in [2.45, 2.75) is 38.1 Å². The largest absolute Gasteiger partial charge is 0.339 e. The zero-order valence-corrected chi connectivity index (χ0v) is 12.1. The Kier molecular flexibility index (Phi) is 5.09. The molecule has 0 saturated heterocycles. The Morgan fingerprint density at radius 1 is 1.20 bits per heavy atom. The van der Waals surface area contributed by atoms with Gasteiger partial charge in [0.1, 0.15) is 0 Å². The molecule has 1 saturated carbocycles. The molecular formula is C14H19ClN4O. The Morgan fingerprint density at radius 3 is 2.70 bits per heavy atom. The van der Waals surface area contributed by atoms with Gasteiger partial charge in [0.15, 0.2) is 0 Å². The van der Waals surface area contributed by atoms with E-state index < -0.39 is 0 Å². The van der Waals surface area contributed by atoms with Gasteiger partial charge < -0.3 is 10.3 Å².